The fraction of sp³-hybridized carbons (Fsp3) is 0.417. The van der Waals surface area contributed by atoms with E-state index >= 15 is 0 Å². The molecule has 0 amide bonds. The normalized spacial score (nSPS) is 12.3. The largest absolute Gasteiger partial charge is 0.496 e. The van der Waals surface area contributed by atoms with Crippen molar-refractivity contribution in [1.29, 1.82) is 0 Å². The van der Waals surface area contributed by atoms with Gasteiger partial charge in [-0.15, -0.1) is 0 Å². The van der Waals surface area contributed by atoms with Gasteiger partial charge in [-0.3, -0.25) is 4.79 Å². The Hall–Kier alpha value is -1.72. The van der Waals surface area contributed by atoms with Gasteiger partial charge in [0.15, 0.2) is 0 Å². The van der Waals surface area contributed by atoms with Crippen LogP contribution in [0.1, 0.15) is 25.0 Å². The van der Waals surface area contributed by atoms with Crippen LogP contribution in [0.5, 0.6) is 5.75 Å². The van der Waals surface area contributed by atoms with Crippen LogP contribution in [0.4, 0.5) is 13.2 Å². The zero-order valence-corrected chi connectivity index (χ0v) is 10.1. The van der Waals surface area contributed by atoms with Crippen LogP contribution in [0.25, 0.3) is 0 Å². The Kier molecular flexibility index (Phi) is 3.59. The van der Waals surface area contributed by atoms with Crippen molar-refractivity contribution < 1.29 is 27.8 Å². The van der Waals surface area contributed by atoms with Crippen LogP contribution in [0, 0.1) is 0 Å². The molecule has 0 spiro atoms. The quantitative estimate of drug-likeness (QED) is 0.910. The van der Waals surface area contributed by atoms with Gasteiger partial charge in [-0.1, -0.05) is 0 Å². The van der Waals surface area contributed by atoms with Crippen LogP contribution in [-0.2, 0) is 16.4 Å². The Bertz CT molecular complexity index is 464. The second kappa shape index (κ2) is 4.51. The Morgan fingerprint density at radius 1 is 1.28 bits per heavy atom. The van der Waals surface area contributed by atoms with E-state index in [1.165, 1.54) is 21.0 Å². The minimum atomic E-state index is -4.52. The summed E-state index contributed by atoms with van der Waals surface area (Å²) in [5.41, 5.74) is -2.37. The highest BCUT2D eigenvalue weighted by molar-refractivity contribution is 5.81. The van der Waals surface area contributed by atoms with Crippen molar-refractivity contribution in [3.05, 3.63) is 29.3 Å². The van der Waals surface area contributed by atoms with Gasteiger partial charge in [-0.25, -0.2) is 0 Å². The van der Waals surface area contributed by atoms with Gasteiger partial charge >= 0.3 is 12.1 Å². The Balaban J connectivity index is 3.45. The number of ether oxygens (including phenoxy) is 1. The number of benzene rings is 1. The van der Waals surface area contributed by atoms with Gasteiger partial charge in [0.25, 0.3) is 0 Å². The molecular weight excluding hydrogens is 249 g/mol. The monoisotopic (exact) mass is 262 g/mol. The Morgan fingerprint density at radius 2 is 1.83 bits per heavy atom. The third kappa shape index (κ3) is 2.57. The third-order valence-electron chi connectivity index (χ3n) is 2.73. The maximum atomic E-state index is 12.6. The van der Waals surface area contributed by atoms with Gasteiger partial charge in [0.05, 0.1) is 18.1 Å². The lowest BCUT2D eigenvalue weighted by Gasteiger charge is -2.23. The van der Waals surface area contributed by atoms with Crippen molar-refractivity contribution >= 4 is 5.97 Å². The molecule has 0 radical (unpaired) electrons. The first-order valence-electron chi connectivity index (χ1n) is 5.10. The van der Waals surface area contributed by atoms with E-state index in [-0.39, 0.29) is 11.3 Å². The van der Waals surface area contributed by atoms with E-state index in [1.54, 1.807) is 0 Å². The van der Waals surface area contributed by atoms with Gasteiger partial charge in [0.1, 0.15) is 5.75 Å². The summed E-state index contributed by atoms with van der Waals surface area (Å²) in [6.07, 6.45) is -4.52. The molecule has 1 N–H and O–H groups in total. The number of rotatable bonds is 3. The molecule has 0 aliphatic carbocycles. The fourth-order valence-corrected chi connectivity index (χ4v) is 1.49. The van der Waals surface area contributed by atoms with Crippen molar-refractivity contribution in [2.45, 2.75) is 25.4 Å². The van der Waals surface area contributed by atoms with Gasteiger partial charge in [0, 0.05) is 5.56 Å². The first-order chi connectivity index (χ1) is 8.10. The number of carbonyl (C=O) groups is 1. The molecule has 18 heavy (non-hydrogen) atoms. The van der Waals surface area contributed by atoms with Gasteiger partial charge in [-0.2, -0.15) is 13.2 Å². The molecule has 0 saturated heterocycles. The molecule has 0 saturated carbocycles. The molecule has 1 aromatic carbocycles. The molecule has 0 aliphatic rings. The van der Waals surface area contributed by atoms with Gasteiger partial charge < -0.3 is 9.84 Å². The summed E-state index contributed by atoms with van der Waals surface area (Å²) in [7, 11) is 1.28. The maximum Gasteiger partial charge on any atom is 0.416 e. The van der Waals surface area contributed by atoms with Gasteiger partial charge in [-0.05, 0) is 32.0 Å². The van der Waals surface area contributed by atoms with Crippen LogP contribution < -0.4 is 4.74 Å². The number of hydrogen-bond donors (Lipinski definition) is 1. The van der Waals surface area contributed by atoms with E-state index in [9.17, 15) is 18.0 Å². The summed E-state index contributed by atoms with van der Waals surface area (Å²) in [4.78, 5) is 11.1. The van der Waals surface area contributed by atoms with Crippen molar-refractivity contribution in [3.8, 4) is 5.75 Å². The van der Waals surface area contributed by atoms with E-state index in [0.717, 1.165) is 18.2 Å². The molecule has 0 unspecified atom stereocenters. The number of alkyl halides is 3. The SMILES string of the molecule is COc1ccc(C(F)(F)F)cc1C(C)(C)C(=O)O. The van der Waals surface area contributed by atoms with Crippen LogP contribution in [0.3, 0.4) is 0 Å². The predicted molar refractivity (Wildman–Crippen MR) is 58.7 cm³/mol. The molecule has 0 atom stereocenters. The van der Waals surface area contributed by atoms with E-state index in [0.29, 0.717) is 0 Å². The van der Waals surface area contributed by atoms with Crippen molar-refractivity contribution in [2.24, 2.45) is 0 Å². The second-order valence-corrected chi connectivity index (χ2v) is 4.34. The molecule has 0 aromatic heterocycles. The first kappa shape index (κ1) is 14.3. The summed E-state index contributed by atoms with van der Waals surface area (Å²) >= 11 is 0. The second-order valence-electron chi connectivity index (χ2n) is 4.34. The first-order valence-corrected chi connectivity index (χ1v) is 5.10. The average Bonchev–Trinajstić information content (AvgIpc) is 2.26. The molecule has 0 aliphatic heterocycles. The molecule has 1 rings (SSSR count). The van der Waals surface area contributed by atoms with E-state index in [4.69, 9.17) is 9.84 Å². The Labute approximate surface area is 102 Å². The lowest BCUT2D eigenvalue weighted by molar-refractivity contribution is -0.143. The zero-order valence-electron chi connectivity index (χ0n) is 10.1. The Morgan fingerprint density at radius 3 is 2.22 bits per heavy atom. The molecule has 0 fully saturated rings. The van der Waals surface area contributed by atoms with Gasteiger partial charge in [0.2, 0.25) is 0 Å². The van der Waals surface area contributed by atoms with Crippen molar-refractivity contribution in [3.63, 3.8) is 0 Å². The summed E-state index contributed by atoms with van der Waals surface area (Å²) in [6, 6.07) is 2.80. The zero-order chi connectivity index (χ0) is 14.1. The smallest absolute Gasteiger partial charge is 0.416 e. The van der Waals surface area contributed by atoms with E-state index in [2.05, 4.69) is 0 Å². The minimum absolute atomic E-state index is 0.00711. The van der Waals surface area contributed by atoms with Crippen LogP contribution in [-0.4, -0.2) is 18.2 Å². The highest BCUT2D eigenvalue weighted by Crippen LogP contribution is 2.37. The molecule has 100 valence electrons. The predicted octanol–water partition coefficient (Wildman–Crippen LogP) is 3.08. The lowest BCUT2D eigenvalue weighted by Crippen LogP contribution is -2.29. The fourth-order valence-electron chi connectivity index (χ4n) is 1.49. The van der Waals surface area contributed by atoms with Crippen molar-refractivity contribution in [2.75, 3.05) is 7.11 Å². The highest BCUT2D eigenvalue weighted by Gasteiger charge is 2.37. The number of carboxylic acids is 1. The number of hydrogen-bond acceptors (Lipinski definition) is 2. The number of carboxylic acid groups (broad SMARTS) is 1. The number of aliphatic carboxylic acids is 1. The number of methoxy groups -OCH3 is 1. The minimum Gasteiger partial charge on any atom is -0.496 e. The molecule has 6 heteroatoms. The number of halogens is 3. The lowest BCUT2D eigenvalue weighted by atomic mass is 9.83. The molecule has 3 nitrogen and oxygen atoms in total. The van der Waals surface area contributed by atoms with Crippen LogP contribution >= 0.6 is 0 Å². The summed E-state index contributed by atoms with van der Waals surface area (Å²) in [5, 5.41) is 9.07. The topological polar surface area (TPSA) is 46.5 Å². The molecule has 1 aromatic rings. The molecule has 0 bridgehead atoms. The van der Waals surface area contributed by atoms with Crippen LogP contribution in [0.2, 0.25) is 0 Å². The summed E-state index contributed by atoms with van der Waals surface area (Å²) < 4.78 is 42.7. The highest BCUT2D eigenvalue weighted by atomic mass is 19.4. The molecular formula is C12H13F3O3. The average molecular weight is 262 g/mol. The third-order valence-corrected chi connectivity index (χ3v) is 2.73. The maximum absolute atomic E-state index is 12.6. The summed E-state index contributed by atoms with van der Waals surface area (Å²) in [6.45, 7) is 2.65. The van der Waals surface area contributed by atoms with Crippen molar-refractivity contribution in [1.82, 2.24) is 0 Å². The summed E-state index contributed by atoms with van der Waals surface area (Å²) in [5.74, 6) is -1.10. The van der Waals surface area contributed by atoms with Crippen LogP contribution in [0.15, 0.2) is 18.2 Å². The van der Waals surface area contributed by atoms with E-state index in [1.807, 2.05) is 0 Å². The van der Waals surface area contributed by atoms with E-state index < -0.39 is 23.1 Å². The standard InChI is InChI=1S/C12H13F3O3/c1-11(2,10(16)17)8-6-7(12(13,14)15)4-5-9(8)18-3/h4-6H,1-3H3,(H,16,17). The molecule has 0 heterocycles.